The van der Waals surface area contributed by atoms with Gasteiger partial charge in [0.1, 0.15) is 17.1 Å². The lowest BCUT2D eigenvalue weighted by Crippen LogP contribution is -2.53. The van der Waals surface area contributed by atoms with Gasteiger partial charge in [0, 0.05) is 4.88 Å². The van der Waals surface area contributed by atoms with Crippen LogP contribution in [0.25, 0.3) is 0 Å². The number of amides is 1. The average molecular weight is 349 g/mol. The smallest absolute Gasteiger partial charge is 0.534 e. The fourth-order valence-corrected chi connectivity index (χ4v) is 3.29. The summed E-state index contributed by atoms with van der Waals surface area (Å²) in [5, 5.41) is 23.7. The topological polar surface area (TPSA) is 95.9 Å². The lowest BCUT2D eigenvalue weighted by Gasteiger charge is -2.29. The quantitative estimate of drug-likeness (QED) is 0.723. The second kappa shape index (κ2) is 6.62. The Labute approximate surface area is 141 Å². The highest BCUT2D eigenvalue weighted by Crippen LogP contribution is 2.32. The first-order chi connectivity index (χ1) is 11.5. The maximum absolute atomic E-state index is 13.7. The number of thiophene rings is 1. The van der Waals surface area contributed by atoms with Gasteiger partial charge in [-0.25, -0.2) is 9.18 Å². The summed E-state index contributed by atoms with van der Waals surface area (Å²) in [5.74, 6) is -3.63. The molecule has 0 fully saturated rings. The van der Waals surface area contributed by atoms with Crippen molar-refractivity contribution in [3.8, 4) is 5.75 Å². The summed E-state index contributed by atoms with van der Waals surface area (Å²) in [6.45, 7) is 0. The van der Waals surface area contributed by atoms with Gasteiger partial charge >= 0.3 is 13.1 Å². The minimum Gasteiger partial charge on any atom is -0.534 e. The number of fused-ring (bicyclic) bond motifs is 1. The molecule has 1 amide bonds. The van der Waals surface area contributed by atoms with Gasteiger partial charge in [-0.1, -0.05) is 12.1 Å². The lowest BCUT2D eigenvalue weighted by atomic mass is 9.72. The molecule has 1 aliphatic rings. The zero-order valence-electron chi connectivity index (χ0n) is 12.4. The summed E-state index contributed by atoms with van der Waals surface area (Å²) >= 11 is 1.45. The van der Waals surface area contributed by atoms with E-state index in [1.807, 2.05) is 17.5 Å². The molecule has 1 aliphatic heterocycles. The molecule has 0 saturated carbocycles. The van der Waals surface area contributed by atoms with Gasteiger partial charge in [0.2, 0.25) is 5.91 Å². The molecular formula is C15H13BFNO5S. The zero-order valence-corrected chi connectivity index (χ0v) is 13.2. The zero-order chi connectivity index (χ0) is 17.3. The number of nitrogens with one attached hydrogen (secondary N) is 1. The largest absolute Gasteiger partial charge is 0.547 e. The third-order valence-electron chi connectivity index (χ3n) is 3.69. The molecule has 2 aromatic rings. The molecule has 6 nitrogen and oxygen atoms in total. The molecule has 1 aromatic carbocycles. The normalized spacial score (nSPS) is 16.2. The van der Waals surface area contributed by atoms with Gasteiger partial charge < -0.3 is 20.1 Å². The Bertz CT molecular complexity index is 782. The maximum Gasteiger partial charge on any atom is 0.547 e. The molecule has 1 atom stereocenters. The molecule has 2 heterocycles. The number of carbonyl (C=O) groups is 2. The number of hydrogen-bond donors (Lipinski definition) is 3. The molecule has 0 saturated heterocycles. The van der Waals surface area contributed by atoms with Gasteiger partial charge in [-0.15, -0.1) is 11.3 Å². The Hall–Kier alpha value is -2.39. The Morgan fingerprint density at radius 3 is 2.88 bits per heavy atom. The first-order valence-electron chi connectivity index (χ1n) is 7.17. The number of hydrogen-bond acceptors (Lipinski definition) is 5. The predicted octanol–water partition coefficient (Wildman–Crippen LogP) is 1.27. The van der Waals surface area contributed by atoms with E-state index in [0.29, 0.717) is 5.56 Å². The monoisotopic (exact) mass is 349 g/mol. The van der Waals surface area contributed by atoms with Gasteiger partial charge in [-0.05, 0) is 29.5 Å². The molecule has 3 N–H and O–H groups in total. The molecular weight excluding hydrogens is 336 g/mol. The molecule has 0 aliphatic carbocycles. The fraction of sp³-hybridized carbons (Fsp3) is 0.200. The molecule has 0 spiro atoms. The summed E-state index contributed by atoms with van der Waals surface area (Å²) in [6, 6.07) is 6.09. The summed E-state index contributed by atoms with van der Waals surface area (Å²) in [4.78, 5) is 24.1. The first kappa shape index (κ1) is 16.5. The van der Waals surface area contributed by atoms with E-state index in [0.717, 1.165) is 10.9 Å². The van der Waals surface area contributed by atoms with Gasteiger partial charge in [0.25, 0.3) is 0 Å². The van der Waals surface area contributed by atoms with Crippen LogP contribution in [0.15, 0.2) is 29.6 Å². The predicted molar refractivity (Wildman–Crippen MR) is 85.6 cm³/mol. The van der Waals surface area contributed by atoms with E-state index in [-0.39, 0.29) is 24.5 Å². The minimum absolute atomic E-state index is 0.146. The van der Waals surface area contributed by atoms with E-state index in [2.05, 4.69) is 5.32 Å². The van der Waals surface area contributed by atoms with Crippen molar-refractivity contribution in [2.45, 2.75) is 18.8 Å². The molecule has 0 bridgehead atoms. The van der Waals surface area contributed by atoms with Crippen LogP contribution in [-0.2, 0) is 17.6 Å². The average Bonchev–Trinajstić information content (AvgIpc) is 3.00. The van der Waals surface area contributed by atoms with Crippen molar-refractivity contribution in [1.29, 1.82) is 0 Å². The molecule has 1 aromatic heterocycles. The first-order valence-corrected chi connectivity index (χ1v) is 8.05. The van der Waals surface area contributed by atoms with Crippen molar-refractivity contribution >= 4 is 30.3 Å². The number of benzene rings is 1. The molecule has 124 valence electrons. The Morgan fingerprint density at radius 2 is 2.21 bits per heavy atom. The van der Waals surface area contributed by atoms with Crippen LogP contribution in [0.4, 0.5) is 4.39 Å². The maximum atomic E-state index is 13.7. The Kier molecular flexibility index (Phi) is 4.54. The molecule has 24 heavy (non-hydrogen) atoms. The van der Waals surface area contributed by atoms with Crippen LogP contribution < -0.4 is 9.97 Å². The Morgan fingerprint density at radius 1 is 1.42 bits per heavy atom. The third kappa shape index (κ3) is 3.27. The van der Waals surface area contributed by atoms with Crippen LogP contribution in [0.5, 0.6) is 5.75 Å². The van der Waals surface area contributed by atoms with E-state index >= 15 is 0 Å². The molecule has 0 radical (unpaired) electrons. The van der Waals surface area contributed by atoms with E-state index in [9.17, 15) is 19.0 Å². The van der Waals surface area contributed by atoms with E-state index in [1.54, 1.807) is 0 Å². The summed E-state index contributed by atoms with van der Waals surface area (Å²) in [6.07, 6.45) is 0.324. The van der Waals surface area contributed by atoms with Gasteiger partial charge in [-0.2, -0.15) is 0 Å². The number of carbonyl (C=O) groups excluding carboxylic acids is 1. The fourth-order valence-electron chi connectivity index (χ4n) is 2.59. The van der Waals surface area contributed by atoms with Crippen LogP contribution in [-0.4, -0.2) is 35.1 Å². The van der Waals surface area contributed by atoms with Crippen molar-refractivity contribution < 1.29 is 28.8 Å². The van der Waals surface area contributed by atoms with Gasteiger partial charge in [-0.3, -0.25) is 4.79 Å². The SMILES string of the molecule is O=C(Cc1cccs1)NC1Cc2ccc(F)c(C(=O)O)c2OB1O. The standard InChI is InChI=1S/C15H13BFNO5S/c17-10-4-3-8-6-11(16(22)23-14(8)13(10)15(20)21)18-12(19)7-9-2-1-5-24-9/h1-5,11,22H,6-7H2,(H,18,19)(H,20,21). The third-order valence-corrected chi connectivity index (χ3v) is 4.56. The molecule has 3 rings (SSSR count). The van der Waals surface area contributed by atoms with Crippen LogP contribution in [0.3, 0.4) is 0 Å². The molecule has 1 unspecified atom stereocenters. The van der Waals surface area contributed by atoms with Crippen LogP contribution in [0.2, 0.25) is 0 Å². The van der Waals surface area contributed by atoms with E-state index in [4.69, 9.17) is 9.76 Å². The van der Waals surface area contributed by atoms with Crippen LogP contribution in [0.1, 0.15) is 20.8 Å². The van der Waals surface area contributed by atoms with E-state index < -0.39 is 30.4 Å². The second-order valence-corrected chi connectivity index (χ2v) is 6.39. The van der Waals surface area contributed by atoms with E-state index in [1.165, 1.54) is 17.4 Å². The second-order valence-electron chi connectivity index (χ2n) is 5.36. The van der Waals surface area contributed by atoms with Crippen molar-refractivity contribution in [1.82, 2.24) is 5.32 Å². The lowest BCUT2D eigenvalue weighted by molar-refractivity contribution is -0.120. The molecule has 9 heteroatoms. The van der Waals surface area contributed by atoms with Crippen molar-refractivity contribution in [2.75, 3.05) is 0 Å². The summed E-state index contributed by atoms with van der Waals surface area (Å²) < 4.78 is 18.8. The number of aromatic carboxylic acids is 1. The summed E-state index contributed by atoms with van der Waals surface area (Å²) in [5.41, 5.74) is -0.199. The summed E-state index contributed by atoms with van der Waals surface area (Å²) in [7, 11) is -1.45. The van der Waals surface area contributed by atoms with Crippen LogP contribution in [0, 0.1) is 5.82 Å². The van der Waals surface area contributed by atoms with Crippen molar-refractivity contribution in [2.24, 2.45) is 0 Å². The van der Waals surface area contributed by atoms with Gasteiger partial charge in [0.15, 0.2) is 0 Å². The Balaban J connectivity index is 1.76. The van der Waals surface area contributed by atoms with Crippen LogP contribution >= 0.6 is 11.3 Å². The number of carboxylic acid groups (broad SMARTS) is 1. The highest BCUT2D eigenvalue weighted by atomic mass is 32.1. The number of halogens is 1. The van der Waals surface area contributed by atoms with Crippen molar-refractivity contribution in [3.05, 3.63) is 51.5 Å². The van der Waals surface area contributed by atoms with Gasteiger partial charge in [0.05, 0.1) is 12.4 Å². The minimum atomic E-state index is -1.48. The highest BCUT2D eigenvalue weighted by Gasteiger charge is 2.38. The van der Waals surface area contributed by atoms with Crippen molar-refractivity contribution in [3.63, 3.8) is 0 Å². The number of rotatable bonds is 4. The number of carboxylic acids is 1. The highest BCUT2D eigenvalue weighted by molar-refractivity contribution is 7.10.